The lowest BCUT2D eigenvalue weighted by atomic mass is 10.0. The molecule has 0 saturated carbocycles. The monoisotopic (exact) mass is 483 g/mol. The molecule has 1 N–H and O–H groups in total. The van der Waals surface area contributed by atoms with Crippen LogP contribution in [0, 0.1) is 17.5 Å². The van der Waals surface area contributed by atoms with Crippen molar-refractivity contribution in [3.05, 3.63) is 94.1 Å². The van der Waals surface area contributed by atoms with Crippen LogP contribution in [0.5, 0.6) is 17.2 Å². The molecule has 0 atom stereocenters. The number of benzene rings is 3. The predicted octanol–water partition coefficient (Wildman–Crippen LogP) is 6.14. The number of hydrogen-bond donors (Lipinski definition) is 1. The van der Waals surface area contributed by atoms with Crippen molar-refractivity contribution in [2.75, 3.05) is 11.9 Å². The highest BCUT2D eigenvalue weighted by Crippen LogP contribution is 2.26. The molecule has 9 heteroatoms. The quantitative estimate of drug-likeness (QED) is 0.319. The summed E-state index contributed by atoms with van der Waals surface area (Å²) in [7, 11) is 0. The normalized spacial score (nSPS) is 11.0. The molecule has 1 aromatic heterocycles. The molecule has 0 radical (unpaired) electrons. The number of carbonyl (C=O) groups excluding carboxylic acids is 1. The van der Waals surface area contributed by atoms with Crippen LogP contribution in [-0.2, 0) is 4.79 Å². The molecule has 0 aliphatic rings. The number of rotatable bonds is 7. The molecular formula is C26H20F3NO5. The molecular weight excluding hydrogens is 463 g/mol. The van der Waals surface area contributed by atoms with E-state index in [2.05, 4.69) is 19.2 Å². The average Bonchev–Trinajstić information content (AvgIpc) is 2.85. The Bertz CT molecular complexity index is 1450. The van der Waals surface area contributed by atoms with Gasteiger partial charge in [0.15, 0.2) is 24.1 Å². The first kappa shape index (κ1) is 23.9. The first-order valence-corrected chi connectivity index (χ1v) is 10.6. The van der Waals surface area contributed by atoms with E-state index in [1.165, 1.54) is 24.5 Å². The Kier molecular flexibility index (Phi) is 6.77. The SMILES string of the molecule is CC(C)c1ccc(Oc2coc3cc(OCC(=O)Nc4ccc(F)c(F)c4F)ccc3c2=O)cc1. The lowest BCUT2D eigenvalue weighted by Crippen LogP contribution is -2.21. The largest absolute Gasteiger partial charge is 0.484 e. The standard InChI is InChI=1S/C26H20F3NO5/c1-14(2)15-3-5-16(6-4-15)35-22-12-34-21-11-17(7-8-18(21)26(22)32)33-13-23(31)30-20-10-9-19(27)24(28)25(20)29/h3-12,14H,13H2,1-2H3,(H,30,31). The van der Waals surface area contributed by atoms with Gasteiger partial charge in [-0.15, -0.1) is 0 Å². The number of amides is 1. The molecule has 4 aromatic rings. The summed E-state index contributed by atoms with van der Waals surface area (Å²) in [4.78, 5) is 24.8. The van der Waals surface area contributed by atoms with Crippen molar-refractivity contribution in [1.29, 1.82) is 0 Å². The number of hydrogen-bond acceptors (Lipinski definition) is 5. The smallest absolute Gasteiger partial charge is 0.262 e. The van der Waals surface area contributed by atoms with E-state index < -0.39 is 41.1 Å². The van der Waals surface area contributed by atoms with Crippen LogP contribution >= 0.6 is 0 Å². The van der Waals surface area contributed by atoms with Gasteiger partial charge in [0.2, 0.25) is 11.2 Å². The lowest BCUT2D eigenvalue weighted by molar-refractivity contribution is -0.118. The highest BCUT2D eigenvalue weighted by Gasteiger charge is 2.16. The van der Waals surface area contributed by atoms with E-state index in [9.17, 15) is 22.8 Å². The molecule has 0 aliphatic carbocycles. The maximum atomic E-state index is 13.7. The Balaban J connectivity index is 1.44. The van der Waals surface area contributed by atoms with Gasteiger partial charge in [-0.05, 0) is 47.9 Å². The van der Waals surface area contributed by atoms with E-state index in [0.29, 0.717) is 17.7 Å². The molecule has 0 aliphatic heterocycles. The van der Waals surface area contributed by atoms with Crippen molar-refractivity contribution < 1.29 is 31.9 Å². The molecule has 0 spiro atoms. The zero-order valence-electron chi connectivity index (χ0n) is 18.7. The second-order valence-corrected chi connectivity index (χ2v) is 7.97. The number of anilines is 1. The number of carbonyl (C=O) groups is 1. The number of fused-ring (bicyclic) bond motifs is 1. The van der Waals surface area contributed by atoms with Crippen molar-refractivity contribution >= 4 is 22.6 Å². The molecule has 6 nitrogen and oxygen atoms in total. The van der Waals surface area contributed by atoms with Gasteiger partial charge in [-0.2, -0.15) is 0 Å². The van der Waals surface area contributed by atoms with Gasteiger partial charge in [-0.3, -0.25) is 9.59 Å². The highest BCUT2D eigenvalue weighted by molar-refractivity contribution is 5.92. The Hall–Kier alpha value is -4.27. The number of ether oxygens (including phenoxy) is 2. The number of halogens is 3. The van der Waals surface area contributed by atoms with Crippen molar-refractivity contribution in [3.63, 3.8) is 0 Å². The van der Waals surface area contributed by atoms with Crippen LogP contribution in [0.2, 0.25) is 0 Å². The molecule has 0 bridgehead atoms. The number of nitrogens with one attached hydrogen (secondary N) is 1. The van der Waals surface area contributed by atoms with Gasteiger partial charge in [0.1, 0.15) is 23.3 Å². The van der Waals surface area contributed by atoms with Crippen molar-refractivity contribution in [2.45, 2.75) is 19.8 Å². The maximum Gasteiger partial charge on any atom is 0.262 e. The van der Waals surface area contributed by atoms with E-state index >= 15 is 0 Å². The van der Waals surface area contributed by atoms with Crippen molar-refractivity contribution in [1.82, 2.24) is 0 Å². The molecule has 1 amide bonds. The summed E-state index contributed by atoms with van der Waals surface area (Å²) in [6, 6.07) is 13.3. The average molecular weight is 483 g/mol. The Morgan fingerprint density at radius 3 is 2.40 bits per heavy atom. The van der Waals surface area contributed by atoms with Crippen molar-refractivity contribution in [2.24, 2.45) is 0 Å². The third-order valence-electron chi connectivity index (χ3n) is 5.17. The summed E-state index contributed by atoms with van der Waals surface area (Å²) in [5, 5.41) is 2.34. The fourth-order valence-corrected chi connectivity index (χ4v) is 3.26. The first-order valence-electron chi connectivity index (χ1n) is 10.6. The van der Waals surface area contributed by atoms with Crippen molar-refractivity contribution in [3.8, 4) is 17.2 Å². The van der Waals surface area contributed by atoms with Gasteiger partial charge < -0.3 is 19.2 Å². The van der Waals surface area contributed by atoms with E-state index in [1.54, 1.807) is 12.1 Å². The van der Waals surface area contributed by atoms with Crippen LogP contribution in [0.15, 0.2) is 70.1 Å². The summed E-state index contributed by atoms with van der Waals surface area (Å²) < 4.78 is 56.5. The molecule has 1 heterocycles. The zero-order valence-corrected chi connectivity index (χ0v) is 18.7. The van der Waals surface area contributed by atoms with Crippen LogP contribution in [-0.4, -0.2) is 12.5 Å². The lowest BCUT2D eigenvalue weighted by Gasteiger charge is -2.10. The van der Waals surface area contributed by atoms with Gasteiger partial charge in [-0.25, -0.2) is 13.2 Å². The van der Waals surface area contributed by atoms with E-state index in [0.717, 1.165) is 11.6 Å². The highest BCUT2D eigenvalue weighted by atomic mass is 19.2. The third-order valence-corrected chi connectivity index (χ3v) is 5.17. The summed E-state index contributed by atoms with van der Waals surface area (Å²) in [5.41, 5.74) is 0.423. The second kappa shape index (κ2) is 9.92. The van der Waals surface area contributed by atoms with Crippen LogP contribution in [0.1, 0.15) is 25.3 Å². The van der Waals surface area contributed by atoms with Crippen LogP contribution in [0.25, 0.3) is 11.0 Å². The Morgan fingerprint density at radius 1 is 0.971 bits per heavy atom. The fourth-order valence-electron chi connectivity index (χ4n) is 3.26. The van der Waals surface area contributed by atoms with E-state index in [-0.39, 0.29) is 22.5 Å². The van der Waals surface area contributed by atoms with E-state index in [4.69, 9.17) is 13.9 Å². The minimum atomic E-state index is -1.69. The summed E-state index contributed by atoms with van der Waals surface area (Å²) in [5.74, 6) is -4.32. The molecule has 0 saturated heterocycles. The zero-order chi connectivity index (χ0) is 25.1. The minimum absolute atomic E-state index is 0.0106. The van der Waals surface area contributed by atoms with Crippen LogP contribution in [0.3, 0.4) is 0 Å². The van der Waals surface area contributed by atoms with Gasteiger partial charge in [-0.1, -0.05) is 26.0 Å². The van der Waals surface area contributed by atoms with E-state index in [1.807, 2.05) is 12.1 Å². The summed E-state index contributed by atoms with van der Waals surface area (Å²) in [6.45, 7) is 3.59. The minimum Gasteiger partial charge on any atom is -0.484 e. The van der Waals surface area contributed by atoms with Gasteiger partial charge >= 0.3 is 0 Å². The Morgan fingerprint density at radius 2 is 1.69 bits per heavy atom. The molecule has 180 valence electrons. The maximum absolute atomic E-state index is 13.7. The predicted molar refractivity (Wildman–Crippen MR) is 124 cm³/mol. The van der Waals surface area contributed by atoms with Crippen LogP contribution < -0.4 is 20.2 Å². The molecule has 35 heavy (non-hydrogen) atoms. The Labute approximate surface area is 197 Å². The molecule has 0 unspecified atom stereocenters. The van der Waals surface area contributed by atoms with Gasteiger partial charge in [0.25, 0.3) is 5.91 Å². The van der Waals surface area contributed by atoms with Gasteiger partial charge in [0, 0.05) is 6.07 Å². The van der Waals surface area contributed by atoms with Crippen LogP contribution in [0.4, 0.5) is 18.9 Å². The fraction of sp³-hybridized carbons (Fsp3) is 0.154. The topological polar surface area (TPSA) is 77.8 Å². The molecule has 4 rings (SSSR count). The third kappa shape index (κ3) is 5.29. The molecule has 0 fully saturated rings. The summed E-state index contributed by atoms with van der Waals surface area (Å²) in [6.07, 6.45) is 1.18. The second-order valence-electron chi connectivity index (χ2n) is 7.97. The first-order chi connectivity index (χ1) is 16.7. The van der Waals surface area contributed by atoms with Gasteiger partial charge in [0.05, 0.1) is 11.1 Å². The summed E-state index contributed by atoms with van der Waals surface area (Å²) >= 11 is 0. The molecule has 3 aromatic carbocycles.